The summed E-state index contributed by atoms with van der Waals surface area (Å²) in [5.41, 5.74) is 2.03. The van der Waals surface area contributed by atoms with E-state index in [1.807, 2.05) is 18.2 Å². The minimum absolute atomic E-state index is 0.0609. The lowest BCUT2D eigenvalue weighted by Crippen LogP contribution is -2.33. The van der Waals surface area contributed by atoms with Crippen LogP contribution in [-0.4, -0.2) is 57.6 Å². The van der Waals surface area contributed by atoms with Crippen LogP contribution in [0.4, 0.5) is 4.39 Å². The maximum atomic E-state index is 13.7. The van der Waals surface area contributed by atoms with Crippen molar-refractivity contribution in [2.45, 2.75) is 25.7 Å². The number of nitrogens with one attached hydrogen (secondary N) is 1. The molecule has 0 unspecified atom stereocenters. The van der Waals surface area contributed by atoms with Crippen molar-refractivity contribution < 1.29 is 17.6 Å². The van der Waals surface area contributed by atoms with Crippen LogP contribution < -0.4 is 5.32 Å². The van der Waals surface area contributed by atoms with Gasteiger partial charge < -0.3 is 5.32 Å². The third-order valence-corrected chi connectivity index (χ3v) is 7.99. The van der Waals surface area contributed by atoms with Crippen molar-refractivity contribution in [2.75, 3.05) is 18.6 Å². The van der Waals surface area contributed by atoms with Gasteiger partial charge in [-0.1, -0.05) is 0 Å². The molecule has 188 valence electrons. The third-order valence-electron chi connectivity index (χ3n) is 6.46. The molecule has 1 aliphatic carbocycles. The topological polar surface area (TPSA) is 120 Å². The molecular formula is C24H24BrFN6O3S. The molecule has 3 aromatic heterocycles. The SMILES string of the molecule is CS(=O)(=O)CCNC(=O)[C@@H]1CC[C@@H](Cc2ncc3c(Br)nn(-c4ccc5ncc(F)cc5c4)c3n2)C1. The molecule has 0 bridgehead atoms. The zero-order chi connectivity index (χ0) is 25.4. The minimum atomic E-state index is -3.11. The number of sulfone groups is 1. The van der Waals surface area contributed by atoms with Crippen molar-refractivity contribution in [3.05, 3.63) is 52.9 Å². The smallest absolute Gasteiger partial charge is 0.223 e. The number of aromatic nitrogens is 5. The second-order valence-electron chi connectivity index (χ2n) is 9.26. The number of nitrogens with zero attached hydrogens (tertiary/aromatic N) is 5. The molecule has 12 heteroatoms. The van der Waals surface area contributed by atoms with Crippen molar-refractivity contribution >= 4 is 53.6 Å². The van der Waals surface area contributed by atoms with Gasteiger partial charge in [0.15, 0.2) is 5.65 Å². The van der Waals surface area contributed by atoms with Crippen LogP contribution in [0.2, 0.25) is 0 Å². The Hall–Kier alpha value is -2.99. The van der Waals surface area contributed by atoms with Crippen LogP contribution in [0.3, 0.4) is 0 Å². The molecule has 1 aromatic carbocycles. The number of carbonyl (C=O) groups is 1. The number of amides is 1. The Morgan fingerprint density at radius 1 is 1.22 bits per heavy atom. The summed E-state index contributed by atoms with van der Waals surface area (Å²) in [5, 5.41) is 8.72. The fourth-order valence-electron chi connectivity index (χ4n) is 4.67. The van der Waals surface area contributed by atoms with Gasteiger partial charge in [-0.05, 0) is 65.4 Å². The normalized spacial score (nSPS) is 18.2. The lowest BCUT2D eigenvalue weighted by atomic mass is 10.0. The van der Waals surface area contributed by atoms with E-state index in [-0.39, 0.29) is 30.0 Å². The van der Waals surface area contributed by atoms with Gasteiger partial charge in [-0.15, -0.1) is 0 Å². The predicted octanol–water partition coefficient (Wildman–Crippen LogP) is 3.38. The minimum Gasteiger partial charge on any atom is -0.355 e. The molecule has 0 aliphatic heterocycles. The van der Waals surface area contributed by atoms with E-state index in [9.17, 15) is 17.6 Å². The van der Waals surface area contributed by atoms with Crippen LogP contribution in [0.5, 0.6) is 0 Å². The molecule has 36 heavy (non-hydrogen) atoms. The summed E-state index contributed by atoms with van der Waals surface area (Å²) in [6.07, 6.45) is 7.03. The zero-order valence-corrected chi connectivity index (χ0v) is 21.9. The Balaban J connectivity index is 1.33. The number of carbonyl (C=O) groups excluding carboxylic acids is 1. The van der Waals surface area contributed by atoms with Crippen molar-refractivity contribution in [1.82, 2.24) is 30.0 Å². The van der Waals surface area contributed by atoms with E-state index in [0.29, 0.717) is 39.8 Å². The number of pyridine rings is 1. The summed E-state index contributed by atoms with van der Waals surface area (Å²) in [5.74, 6) is 0.214. The van der Waals surface area contributed by atoms with E-state index < -0.39 is 15.7 Å². The summed E-state index contributed by atoms with van der Waals surface area (Å²) >= 11 is 3.48. The molecule has 0 radical (unpaired) electrons. The molecule has 1 saturated carbocycles. The zero-order valence-electron chi connectivity index (χ0n) is 19.5. The van der Waals surface area contributed by atoms with Crippen molar-refractivity contribution in [1.29, 1.82) is 0 Å². The summed E-state index contributed by atoms with van der Waals surface area (Å²) in [4.78, 5) is 25.9. The standard InChI is InChI=1S/C24H24BrFN6O3S/c1-36(34,35)7-6-27-24(33)15-3-2-14(8-15)9-21-29-13-19-22(25)31-32(23(19)30-21)18-4-5-20-16(11-18)10-17(26)12-28-20/h4-5,10-15H,2-3,6-9H2,1H3,(H,27,33)/t14-,15-/m1/s1. The van der Waals surface area contributed by atoms with Gasteiger partial charge in [0.1, 0.15) is 26.1 Å². The molecule has 2 atom stereocenters. The lowest BCUT2D eigenvalue weighted by molar-refractivity contribution is -0.124. The second kappa shape index (κ2) is 9.81. The maximum absolute atomic E-state index is 13.7. The first-order chi connectivity index (χ1) is 17.2. The van der Waals surface area contributed by atoms with Crippen LogP contribution in [0.15, 0.2) is 41.3 Å². The summed E-state index contributed by atoms with van der Waals surface area (Å²) < 4.78 is 38.6. The van der Waals surface area contributed by atoms with Gasteiger partial charge in [0, 0.05) is 36.7 Å². The van der Waals surface area contributed by atoms with Crippen molar-refractivity contribution in [2.24, 2.45) is 11.8 Å². The van der Waals surface area contributed by atoms with Gasteiger partial charge in [0.25, 0.3) is 0 Å². The Morgan fingerprint density at radius 2 is 2.06 bits per heavy atom. The molecule has 0 spiro atoms. The highest BCUT2D eigenvalue weighted by molar-refractivity contribution is 9.10. The van der Waals surface area contributed by atoms with E-state index in [2.05, 4.69) is 36.3 Å². The predicted molar refractivity (Wildman–Crippen MR) is 137 cm³/mol. The van der Waals surface area contributed by atoms with Gasteiger partial charge in [0.05, 0.1) is 28.5 Å². The molecule has 1 fully saturated rings. The van der Waals surface area contributed by atoms with Crippen molar-refractivity contribution in [3.8, 4) is 5.69 Å². The Labute approximate surface area is 215 Å². The largest absolute Gasteiger partial charge is 0.355 e. The highest BCUT2D eigenvalue weighted by atomic mass is 79.9. The van der Waals surface area contributed by atoms with Gasteiger partial charge in [-0.2, -0.15) is 5.10 Å². The summed E-state index contributed by atoms with van der Waals surface area (Å²) in [7, 11) is -3.11. The van der Waals surface area contributed by atoms with Gasteiger partial charge in [-0.3, -0.25) is 9.78 Å². The van der Waals surface area contributed by atoms with E-state index in [4.69, 9.17) is 4.98 Å². The summed E-state index contributed by atoms with van der Waals surface area (Å²) in [6.45, 7) is 0.134. The number of benzene rings is 1. The lowest BCUT2D eigenvalue weighted by Gasteiger charge is -2.12. The molecule has 9 nitrogen and oxygen atoms in total. The van der Waals surface area contributed by atoms with Crippen LogP contribution >= 0.6 is 15.9 Å². The molecule has 1 N–H and O–H groups in total. The van der Waals surface area contributed by atoms with Crippen LogP contribution in [0, 0.1) is 17.7 Å². The van der Waals surface area contributed by atoms with E-state index in [0.717, 1.165) is 30.2 Å². The fourth-order valence-corrected chi connectivity index (χ4v) is 5.58. The van der Waals surface area contributed by atoms with Gasteiger partial charge in [0.2, 0.25) is 5.91 Å². The van der Waals surface area contributed by atoms with Crippen molar-refractivity contribution in [3.63, 3.8) is 0 Å². The quantitative estimate of drug-likeness (QED) is 0.359. The number of hydrogen-bond donors (Lipinski definition) is 1. The first-order valence-electron chi connectivity index (χ1n) is 11.6. The molecule has 0 saturated heterocycles. The Kier molecular flexibility index (Phi) is 6.73. The first-order valence-corrected chi connectivity index (χ1v) is 14.4. The molecule has 5 rings (SSSR count). The van der Waals surface area contributed by atoms with Crippen LogP contribution in [0.1, 0.15) is 25.1 Å². The van der Waals surface area contributed by atoms with E-state index in [1.54, 1.807) is 10.9 Å². The van der Waals surface area contributed by atoms with E-state index in [1.165, 1.54) is 12.3 Å². The third kappa shape index (κ3) is 5.39. The number of hydrogen-bond acceptors (Lipinski definition) is 7. The number of rotatable bonds is 7. The van der Waals surface area contributed by atoms with E-state index >= 15 is 0 Å². The number of fused-ring (bicyclic) bond motifs is 2. The fraction of sp³-hybridized carbons (Fsp3) is 0.375. The van der Waals surface area contributed by atoms with Crippen LogP contribution in [-0.2, 0) is 21.1 Å². The van der Waals surface area contributed by atoms with Crippen LogP contribution in [0.25, 0.3) is 27.6 Å². The molecule has 3 heterocycles. The monoisotopic (exact) mass is 574 g/mol. The average Bonchev–Trinajstić information content (AvgIpc) is 3.42. The molecular weight excluding hydrogens is 551 g/mol. The van der Waals surface area contributed by atoms with Gasteiger partial charge in [-0.25, -0.2) is 27.5 Å². The van der Waals surface area contributed by atoms with Gasteiger partial charge >= 0.3 is 0 Å². The summed E-state index contributed by atoms with van der Waals surface area (Å²) in [6, 6.07) is 6.92. The molecule has 1 amide bonds. The Morgan fingerprint density at radius 3 is 2.86 bits per heavy atom. The second-order valence-corrected chi connectivity index (χ2v) is 12.3. The first kappa shape index (κ1) is 24.7. The Bertz CT molecular complexity index is 1580. The maximum Gasteiger partial charge on any atom is 0.223 e. The molecule has 4 aromatic rings. The average molecular weight is 575 g/mol. The highest BCUT2D eigenvalue weighted by Gasteiger charge is 2.30. The molecule has 1 aliphatic rings. The number of halogens is 2. The highest BCUT2D eigenvalue weighted by Crippen LogP contribution is 2.33.